The number of anilines is 1. The van der Waals surface area contributed by atoms with Crippen LogP contribution in [0.1, 0.15) is 5.56 Å². The van der Waals surface area contributed by atoms with E-state index in [-0.39, 0.29) is 11.3 Å². The number of rotatable bonds is 7. The minimum atomic E-state index is -4.54. The first kappa shape index (κ1) is 19.8. The summed E-state index contributed by atoms with van der Waals surface area (Å²) in [6.07, 6.45) is 0. The van der Waals surface area contributed by atoms with Gasteiger partial charge in [-0.05, 0) is 18.6 Å². The van der Waals surface area contributed by atoms with Crippen LogP contribution in [-0.4, -0.2) is 35.9 Å². The lowest BCUT2D eigenvalue weighted by Crippen LogP contribution is -2.36. The summed E-state index contributed by atoms with van der Waals surface area (Å²) in [6.45, 7) is 0.434. The maximum absolute atomic E-state index is 12.9. The number of nitro benzene ring substituents is 2. The monoisotopic (exact) mass is 395 g/mol. The Bertz CT molecular complexity index is 1040. The number of aliphatic carboxylic acids is 1. The highest BCUT2D eigenvalue weighted by atomic mass is 32.2. The molecule has 0 bridgehead atoms. The SMILES string of the molecule is Cc1ccc([N+](=O)[O-])cc1N(CC(=O)O)S(=O)(=O)c1cccc([N+](=O)[O-])c1. The van der Waals surface area contributed by atoms with Crippen LogP contribution in [-0.2, 0) is 14.8 Å². The number of nitrogens with zero attached hydrogens (tertiary/aromatic N) is 3. The molecule has 0 heterocycles. The highest BCUT2D eigenvalue weighted by Crippen LogP contribution is 2.31. The fourth-order valence-electron chi connectivity index (χ4n) is 2.29. The van der Waals surface area contributed by atoms with Crippen LogP contribution in [0.4, 0.5) is 17.1 Å². The Labute approximate surface area is 152 Å². The van der Waals surface area contributed by atoms with Crippen molar-refractivity contribution in [1.82, 2.24) is 0 Å². The highest BCUT2D eigenvalue weighted by Gasteiger charge is 2.30. The van der Waals surface area contributed by atoms with E-state index in [0.29, 0.717) is 4.31 Å². The second kappa shape index (κ2) is 7.37. The highest BCUT2D eigenvalue weighted by molar-refractivity contribution is 7.92. The Balaban J connectivity index is 2.68. The molecule has 0 spiro atoms. The van der Waals surface area contributed by atoms with Crippen LogP contribution < -0.4 is 4.31 Å². The molecule has 0 fully saturated rings. The van der Waals surface area contributed by atoms with E-state index in [4.69, 9.17) is 5.11 Å². The zero-order chi connectivity index (χ0) is 20.4. The van der Waals surface area contributed by atoms with Crippen LogP contribution in [0.15, 0.2) is 47.4 Å². The molecule has 1 N–H and O–H groups in total. The van der Waals surface area contributed by atoms with Crippen molar-refractivity contribution in [2.45, 2.75) is 11.8 Å². The number of aryl methyl sites for hydroxylation is 1. The zero-order valence-electron chi connectivity index (χ0n) is 13.8. The molecular formula is C15H13N3O8S. The van der Waals surface area contributed by atoms with Gasteiger partial charge in [0.25, 0.3) is 21.4 Å². The lowest BCUT2D eigenvalue weighted by atomic mass is 10.2. The second-order valence-electron chi connectivity index (χ2n) is 5.39. The summed E-state index contributed by atoms with van der Waals surface area (Å²) in [5, 5.41) is 31.0. The predicted molar refractivity (Wildman–Crippen MR) is 93.1 cm³/mol. The number of sulfonamides is 1. The van der Waals surface area contributed by atoms with Crippen molar-refractivity contribution < 1.29 is 28.2 Å². The van der Waals surface area contributed by atoms with Gasteiger partial charge in [0.1, 0.15) is 6.54 Å². The Kier molecular flexibility index (Phi) is 5.40. The van der Waals surface area contributed by atoms with Crippen molar-refractivity contribution >= 4 is 33.1 Å². The van der Waals surface area contributed by atoms with Crippen LogP contribution in [0.25, 0.3) is 0 Å². The largest absolute Gasteiger partial charge is 0.480 e. The van der Waals surface area contributed by atoms with Crippen LogP contribution in [0.3, 0.4) is 0 Å². The second-order valence-corrected chi connectivity index (χ2v) is 7.25. The third-order valence-corrected chi connectivity index (χ3v) is 5.32. The Hall–Kier alpha value is -3.54. The summed E-state index contributed by atoms with van der Waals surface area (Å²) in [7, 11) is -4.54. The first-order chi connectivity index (χ1) is 12.5. The lowest BCUT2D eigenvalue weighted by Gasteiger charge is -2.24. The molecule has 0 saturated carbocycles. The summed E-state index contributed by atoms with van der Waals surface area (Å²) in [4.78, 5) is 31.1. The molecule has 0 aliphatic heterocycles. The molecule has 12 heteroatoms. The van der Waals surface area contributed by atoms with Gasteiger partial charge in [-0.25, -0.2) is 8.42 Å². The van der Waals surface area contributed by atoms with Crippen molar-refractivity contribution in [2.24, 2.45) is 0 Å². The van der Waals surface area contributed by atoms with Crippen LogP contribution in [0.2, 0.25) is 0 Å². The van der Waals surface area contributed by atoms with Crippen LogP contribution in [0.5, 0.6) is 0 Å². The molecular weight excluding hydrogens is 382 g/mol. The predicted octanol–water partition coefficient (Wildman–Crippen LogP) is 2.09. The molecule has 2 aromatic carbocycles. The lowest BCUT2D eigenvalue weighted by molar-refractivity contribution is -0.385. The number of hydrogen-bond acceptors (Lipinski definition) is 7. The number of carbonyl (C=O) groups is 1. The average Bonchev–Trinajstić information content (AvgIpc) is 2.60. The first-order valence-corrected chi connectivity index (χ1v) is 8.72. The topological polar surface area (TPSA) is 161 Å². The molecule has 0 aliphatic rings. The average molecular weight is 395 g/mol. The van der Waals surface area contributed by atoms with Gasteiger partial charge in [-0.1, -0.05) is 12.1 Å². The van der Waals surface area contributed by atoms with E-state index in [1.54, 1.807) is 0 Å². The summed E-state index contributed by atoms with van der Waals surface area (Å²) < 4.78 is 26.4. The molecule has 2 rings (SSSR count). The third kappa shape index (κ3) is 4.17. The summed E-state index contributed by atoms with van der Waals surface area (Å²) in [5.74, 6) is -1.50. The van der Waals surface area contributed by atoms with Gasteiger partial charge in [0.05, 0.1) is 20.4 Å². The third-order valence-electron chi connectivity index (χ3n) is 3.57. The Morgan fingerprint density at radius 3 is 2.22 bits per heavy atom. The molecule has 0 radical (unpaired) electrons. The molecule has 0 unspecified atom stereocenters. The summed E-state index contributed by atoms with van der Waals surface area (Å²) >= 11 is 0. The Morgan fingerprint density at radius 2 is 1.67 bits per heavy atom. The molecule has 0 amide bonds. The number of nitro groups is 2. The van der Waals surface area contributed by atoms with E-state index in [1.807, 2.05) is 0 Å². The van der Waals surface area contributed by atoms with Crippen molar-refractivity contribution in [3.63, 3.8) is 0 Å². The van der Waals surface area contributed by atoms with Gasteiger partial charge in [0.2, 0.25) is 0 Å². The van der Waals surface area contributed by atoms with Crippen molar-refractivity contribution in [2.75, 3.05) is 10.8 Å². The van der Waals surface area contributed by atoms with Gasteiger partial charge >= 0.3 is 5.97 Å². The molecule has 2 aromatic rings. The number of carboxylic acid groups (broad SMARTS) is 1. The quantitative estimate of drug-likeness (QED) is 0.550. The number of carboxylic acids is 1. The number of hydrogen-bond donors (Lipinski definition) is 1. The molecule has 0 aromatic heterocycles. The van der Waals surface area contributed by atoms with E-state index in [0.717, 1.165) is 36.4 Å². The molecule has 0 atom stereocenters. The van der Waals surface area contributed by atoms with Gasteiger partial charge in [0, 0.05) is 24.3 Å². The van der Waals surface area contributed by atoms with E-state index in [1.165, 1.54) is 13.0 Å². The zero-order valence-corrected chi connectivity index (χ0v) is 14.6. The number of benzene rings is 2. The molecule has 0 aliphatic carbocycles. The summed E-state index contributed by atoms with van der Waals surface area (Å²) in [6, 6.07) is 7.46. The molecule has 0 saturated heterocycles. The smallest absolute Gasteiger partial charge is 0.324 e. The van der Waals surface area contributed by atoms with Gasteiger partial charge in [0.15, 0.2) is 0 Å². The fourth-order valence-corrected chi connectivity index (χ4v) is 3.80. The number of non-ortho nitro benzene ring substituents is 2. The molecule has 27 heavy (non-hydrogen) atoms. The minimum Gasteiger partial charge on any atom is -0.480 e. The van der Waals surface area contributed by atoms with Gasteiger partial charge in [-0.3, -0.25) is 29.3 Å². The minimum absolute atomic E-state index is 0.210. The van der Waals surface area contributed by atoms with E-state index < -0.39 is 48.7 Å². The van der Waals surface area contributed by atoms with E-state index in [2.05, 4.69) is 0 Å². The summed E-state index contributed by atoms with van der Waals surface area (Å²) in [5.41, 5.74) is -0.865. The van der Waals surface area contributed by atoms with Crippen LogP contribution >= 0.6 is 0 Å². The maximum Gasteiger partial charge on any atom is 0.324 e. The van der Waals surface area contributed by atoms with Gasteiger partial charge < -0.3 is 5.11 Å². The van der Waals surface area contributed by atoms with Crippen molar-refractivity contribution in [3.05, 3.63) is 68.3 Å². The van der Waals surface area contributed by atoms with Gasteiger partial charge in [-0.2, -0.15) is 0 Å². The normalized spacial score (nSPS) is 11.0. The van der Waals surface area contributed by atoms with Crippen molar-refractivity contribution in [3.8, 4) is 0 Å². The standard InChI is InChI=1S/C15H13N3O8S/c1-10-5-6-12(18(23)24)8-14(10)16(9-15(19)20)27(25,26)13-4-2-3-11(7-13)17(21)22/h2-8H,9H2,1H3,(H,19,20). The van der Waals surface area contributed by atoms with Gasteiger partial charge in [-0.15, -0.1) is 0 Å². The Morgan fingerprint density at radius 1 is 1.07 bits per heavy atom. The molecule has 142 valence electrons. The fraction of sp³-hybridized carbons (Fsp3) is 0.133. The van der Waals surface area contributed by atoms with Crippen molar-refractivity contribution in [1.29, 1.82) is 0 Å². The maximum atomic E-state index is 12.9. The van der Waals surface area contributed by atoms with E-state index >= 15 is 0 Å². The van der Waals surface area contributed by atoms with E-state index in [9.17, 15) is 33.4 Å². The van der Waals surface area contributed by atoms with Crippen LogP contribution in [0, 0.1) is 27.2 Å². The first-order valence-electron chi connectivity index (χ1n) is 7.28. The molecule has 11 nitrogen and oxygen atoms in total.